The number of carbonyl (C=O) groups excluding carboxylic acids is 2. The predicted molar refractivity (Wildman–Crippen MR) is 58.6 cm³/mol. The van der Waals surface area contributed by atoms with Gasteiger partial charge in [0.2, 0.25) is 5.91 Å². The summed E-state index contributed by atoms with van der Waals surface area (Å²) in [4.78, 5) is 22.4. The van der Waals surface area contributed by atoms with E-state index in [9.17, 15) is 9.59 Å². The molecule has 0 aromatic rings. The van der Waals surface area contributed by atoms with Gasteiger partial charge in [-0.3, -0.25) is 9.59 Å². The molecule has 16 heavy (non-hydrogen) atoms. The second-order valence-electron chi connectivity index (χ2n) is 4.99. The van der Waals surface area contributed by atoms with E-state index in [4.69, 9.17) is 0 Å². The number of hydrogen-bond donors (Lipinski definition) is 1. The van der Waals surface area contributed by atoms with Crippen LogP contribution in [0.15, 0.2) is 0 Å². The van der Waals surface area contributed by atoms with Gasteiger partial charge in [-0.25, -0.2) is 0 Å². The first-order chi connectivity index (χ1) is 7.69. The minimum atomic E-state index is -0.388. The van der Waals surface area contributed by atoms with Crippen LogP contribution >= 0.6 is 0 Å². The second-order valence-corrected chi connectivity index (χ2v) is 4.99. The molecule has 2 saturated carbocycles. The Labute approximate surface area is 95.7 Å². The third-order valence-electron chi connectivity index (χ3n) is 3.99. The van der Waals surface area contributed by atoms with Crippen molar-refractivity contribution in [2.45, 2.75) is 32.1 Å². The number of amides is 1. The van der Waals surface area contributed by atoms with Crippen LogP contribution in [0, 0.1) is 17.8 Å². The number of methoxy groups -OCH3 is 1. The quantitative estimate of drug-likeness (QED) is 0.729. The van der Waals surface area contributed by atoms with E-state index < -0.39 is 0 Å². The van der Waals surface area contributed by atoms with Gasteiger partial charge < -0.3 is 10.1 Å². The Morgan fingerprint density at radius 1 is 1.31 bits per heavy atom. The molecule has 0 radical (unpaired) electrons. The smallest absolute Gasteiger partial charge is 0.325 e. The van der Waals surface area contributed by atoms with Crippen molar-refractivity contribution in [2.75, 3.05) is 13.7 Å². The molecule has 2 bridgehead atoms. The lowest BCUT2D eigenvalue weighted by molar-refractivity contribution is -0.141. The molecule has 0 spiro atoms. The number of esters is 1. The van der Waals surface area contributed by atoms with E-state index in [0.29, 0.717) is 12.3 Å². The van der Waals surface area contributed by atoms with Crippen LogP contribution in [-0.2, 0) is 14.3 Å². The van der Waals surface area contributed by atoms with Gasteiger partial charge in [-0.05, 0) is 37.0 Å². The van der Waals surface area contributed by atoms with Crippen LogP contribution in [0.25, 0.3) is 0 Å². The van der Waals surface area contributed by atoms with Gasteiger partial charge in [-0.1, -0.05) is 6.42 Å². The minimum Gasteiger partial charge on any atom is -0.468 e. The Morgan fingerprint density at radius 2 is 2.12 bits per heavy atom. The van der Waals surface area contributed by atoms with E-state index in [2.05, 4.69) is 10.1 Å². The van der Waals surface area contributed by atoms with Crippen molar-refractivity contribution < 1.29 is 14.3 Å². The van der Waals surface area contributed by atoms with Crippen molar-refractivity contribution >= 4 is 11.9 Å². The van der Waals surface area contributed by atoms with Gasteiger partial charge in [-0.2, -0.15) is 0 Å². The zero-order valence-corrected chi connectivity index (χ0v) is 9.70. The van der Waals surface area contributed by atoms with Gasteiger partial charge in [0.25, 0.3) is 0 Å². The van der Waals surface area contributed by atoms with Crippen molar-refractivity contribution in [3.63, 3.8) is 0 Å². The molecule has 2 aliphatic carbocycles. The van der Waals surface area contributed by atoms with E-state index in [1.807, 2.05) is 0 Å². The summed E-state index contributed by atoms with van der Waals surface area (Å²) in [6.45, 7) is -0.00382. The maximum absolute atomic E-state index is 11.6. The van der Waals surface area contributed by atoms with Crippen molar-refractivity contribution in [1.29, 1.82) is 0 Å². The molecule has 0 heterocycles. The molecular weight excluding hydrogens is 206 g/mol. The largest absolute Gasteiger partial charge is 0.468 e. The predicted octanol–water partition coefficient (Wildman–Crippen LogP) is 1.10. The first-order valence-corrected chi connectivity index (χ1v) is 6.02. The first-order valence-electron chi connectivity index (χ1n) is 6.02. The van der Waals surface area contributed by atoms with E-state index in [-0.39, 0.29) is 18.4 Å². The molecule has 1 amide bonds. The fourth-order valence-corrected chi connectivity index (χ4v) is 3.18. The molecule has 3 atom stereocenters. The van der Waals surface area contributed by atoms with Gasteiger partial charge >= 0.3 is 5.97 Å². The van der Waals surface area contributed by atoms with Crippen LogP contribution in [0.1, 0.15) is 32.1 Å². The summed E-state index contributed by atoms with van der Waals surface area (Å²) >= 11 is 0. The molecule has 90 valence electrons. The molecule has 0 saturated heterocycles. The highest BCUT2D eigenvalue weighted by Gasteiger charge is 2.39. The molecule has 4 nitrogen and oxygen atoms in total. The Morgan fingerprint density at radius 3 is 2.69 bits per heavy atom. The third-order valence-corrected chi connectivity index (χ3v) is 3.99. The maximum atomic E-state index is 11.6. The number of ether oxygens (including phenoxy) is 1. The Hall–Kier alpha value is -1.06. The lowest BCUT2D eigenvalue weighted by Crippen LogP contribution is -2.32. The standard InChI is InChI=1S/C12H19NO3/c1-16-12(15)7-13-11(14)6-10-5-8-2-3-9(10)4-8/h8-10H,2-7H2,1H3,(H,13,14)/t8-,9+,10-/m0/s1. The highest BCUT2D eigenvalue weighted by atomic mass is 16.5. The zero-order chi connectivity index (χ0) is 11.5. The molecular formula is C12H19NO3. The molecule has 2 fully saturated rings. The van der Waals surface area contributed by atoms with Crippen molar-refractivity contribution in [3.05, 3.63) is 0 Å². The lowest BCUT2D eigenvalue weighted by Gasteiger charge is -2.20. The fraction of sp³-hybridized carbons (Fsp3) is 0.833. The number of nitrogens with one attached hydrogen (secondary N) is 1. The van der Waals surface area contributed by atoms with Crippen LogP contribution in [0.5, 0.6) is 0 Å². The highest BCUT2D eigenvalue weighted by Crippen LogP contribution is 2.49. The van der Waals surface area contributed by atoms with E-state index >= 15 is 0 Å². The SMILES string of the molecule is COC(=O)CNC(=O)C[C@@H]1C[C@H]2CC[C@@H]1C2. The van der Waals surface area contributed by atoms with Gasteiger partial charge in [0.15, 0.2) is 0 Å². The second kappa shape index (κ2) is 4.85. The summed E-state index contributed by atoms with van der Waals surface area (Å²) < 4.78 is 4.47. The van der Waals surface area contributed by atoms with E-state index in [1.54, 1.807) is 0 Å². The average molecular weight is 225 g/mol. The Bertz CT molecular complexity index is 290. The number of rotatable bonds is 4. The summed E-state index contributed by atoms with van der Waals surface area (Å²) in [6.07, 6.45) is 5.74. The normalized spacial score (nSPS) is 31.4. The summed E-state index contributed by atoms with van der Waals surface area (Å²) in [5.41, 5.74) is 0. The third kappa shape index (κ3) is 2.54. The summed E-state index contributed by atoms with van der Waals surface area (Å²) in [5.74, 6) is 1.78. The monoisotopic (exact) mass is 225 g/mol. The summed E-state index contributed by atoms with van der Waals surface area (Å²) in [5, 5.41) is 2.61. The molecule has 4 heteroatoms. The minimum absolute atomic E-state index is 0.00382. The van der Waals surface area contributed by atoms with Crippen molar-refractivity contribution in [3.8, 4) is 0 Å². The number of fused-ring (bicyclic) bond motifs is 2. The number of hydrogen-bond acceptors (Lipinski definition) is 3. The topological polar surface area (TPSA) is 55.4 Å². The fourth-order valence-electron chi connectivity index (χ4n) is 3.18. The van der Waals surface area contributed by atoms with Crippen LogP contribution in [0.4, 0.5) is 0 Å². The van der Waals surface area contributed by atoms with Crippen molar-refractivity contribution in [1.82, 2.24) is 5.32 Å². The average Bonchev–Trinajstić information content (AvgIpc) is 2.87. The van der Waals surface area contributed by atoms with Crippen LogP contribution in [0.3, 0.4) is 0 Å². The molecule has 0 unspecified atom stereocenters. The first kappa shape index (κ1) is 11.4. The molecule has 2 aliphatic rings. The van der Waals surface area contributed by atoms with Gasteiger partial charge in [0.05, 0.1) is 7.11 Å². The Balaban J connectivity index is 1.69. The summed E-state index contributed by atoms with van der Waals surface area (Å²) in [6, 6.07) is 0. The molecule has 1 N–H and O–H groups in total. The lowest BCUT2D eigenvalue weighted by atomic mass is 9.86. The van der Waals surface area contributed by atoms with Gasteiger partial charge in [0.1, 0.15) is 6.54 Å². The maximum Gasteiger partial charge on any atom is 0.325 e. The number of carbonyl (C=O) groups is 2. The van der Waals surface area contributed by atoms with Crippen molar-refractivity contribution in [2.24, 2.45) is 17.8 Å². The van der Waals surface area contributed by atoms with Gasteiger partial charge in [0, 0.05) is 6.42 Å². The molecule has 0 aromatic heterocycles. The van der Waals surface area contributed by atoms with E-state index in [0.717, 1.165) is 11.8 Å². The Kier molecular flexibility index (Phi) is 3.46. The van der Waals surface area contributed by atoms with Crippen LogP contribution in [0.2, 0.25) is 0 Å². The molecule has 0 aliphatic heterocycles. The summed E-state index contributed by atoms with van der Waals surface area (Å²) in [7, 11) is 1.32. The van der Waals surface area contributed by atoms with Crippen LogP contribution in [-0.4, -0.2) is 25.5 Å². The van der Waals surface area contributed by atoms with E-state index in [1.165, 1.54) is 32.8 Å². The zero-order valence-electron chi connectivity index (χ0n) is 9.70. The molecule has 2 rings (SSSR count). The van der Waals surface area contributed by atoms with Crippen LogP contribution < -0.4 is 5.32 Å². The highest BCUT2D eigenvalue weighted by molar-refractivity contribution is 5.81. The molecule has 0 aromatic carbocycles. The van der Waals surface area contributed by atoms with Gasteiger partial charge in [-0.15, -0.1) is 0 Å².